The molecule has 1 aromatic rings. The molecular weight excluding hydrogens is 212 g/mol. The highest BCUT2D eigenvalue weighted by Gasteiger charge is 2.19. The van der Waals surface area contributed by atoms with Crippen LogP contribution in [-0.4, -0.2) is 27.7 Å². The van der Waals surface area contributed by atoms with Gasteiger partial charge in [0.15, 0.2) is 0 Å². The Morgan fingerprint density at radius 2 is 2.06 bits per heavy atom. The van der Waals surface area contributed by atoms with Gasteiger partial charge in [-0.15, -0.1) is 0 Å². The first-order chi connectivity index (χ1) is 8.26. The Morgan fingerprint density at radius 1 is 1.29 bits per heavy atom. The monoisotopic (exact) mass is 236 g/mol. The number of benzene rings is 1. The van der Waals surface area contributed by atoms with Crippen molar-refractivity contribution in [3.63, 3.8) is 0 Å². The summed E-state index contributed by atoms with van der Waals surface area (Å²) in [6, 6.07) is 8.66. The fraction of sp³-hybridized carbons (Fsp3) is 0.571. The average molecular weight is 236 g/mol. The molecule has 0 spiro atoms. The summed E-state index contributed by atoms with van der Waals surface area (Å²) in [6.45, 7) is 3.24. The highest BCUT2D eigenvalue weighted by Crippen LogP contribution is 2.26. The smallest absolute Gasteiger partial charge is 0.119 e. The zero-order valence-electron chi connectivity index (χ0n) is 11.3. The molecule has 2 atom stereocenters. The molecule has 0 aliphatic heterocycles. The van der Waals surface area contributed by atoms with E-state index in [1.54, 1.807) is 7.11 Å². The minimum absolute atomic E-state index is 0.363. The molecule has 0 radical (unpaired) electrons. The lowest BCUT2D eigenvalue weighted by Gasteiger charge is -2.26. The Kier molecular flexibility index (Phi) is 6.01. The minimum Gasteiger partial charge on any atom is -0.497 e. The van der Waals surface area contributed by atoms with Crippen molar-refractivity contribution in [2.75, 3.05) is 27.7 Å². The average Bonchev–Trinajstić information content (AvgIpc) is 2.38. The van der Waals surface area contributed by atoms with Gasteiger partial charge in [0, 0.05) is 6.04 Å². The molecule has 1 rings (SSSR count). The van der Waals surface area contributed by atoms with Gasteiger partial charge in [0.2, 0.25) is 0 Å². The molecular formula is C14H24N2O. The molecule has 0 saturated carbocycles. The molecule has 0 amide bonds. The van der Waals surface area contributed by atoms with Crippen molar-refractivity contribution < 1.29 is 4.74 Å². The van der Waals surface area contributed by atoms with Gasteiger partial charge >= 0.3 is 0 Å². The van der Waals surface area contributed by atoms with Crippen molar-refractivity contribution in [1.82, 2.24) is 10.6 Å². The Labute approximate surface area is 105 Å². The van der Waals surface area contributed by atoms with Crippen molar-refractivity contribution in [3.8, 4) is 5.75 Å². The second-order valence-electron chi connectivity index (χ2n) is 4.27. The van der Waals surface area contributed by atoms with Crippen LogP contribution in [0.1, 0.15) is 24.9 Å². The lowest BCUT2D eigenvalue weighted by molar-refractivity contribution is 0.357. The summed E-state index contributed by atoms with van der Waals surface area (Å²) < 4.78 is 5.28. The van der Waals surface area contributed by atoms with E-state index in [2.05, 4.69) is 29.7 Å². The van der Waals surface area contributed by atoms with Gasteiger partial charge in [-0.25, -0.2) is 0 Å². The highest BCUT2D eigenvalue weighted by molar-refractivity contribution is 5.30. The van der Waals surface area contributed by atoms with E-state index >= 15 is 0 Å². The minimum atomic E-state index is 0.363. The molecule has 0 aliphatic rings. The van der Waals surface area contributed by atoms with Gasteiger partial charge < -0.3 is 15.4 Å². The number of methoxy groups -OCH3 is 1. The van der Waals surface area contributed by atoms with E-state index in [4.69, 9.17) is 4.74 Å². The maximum absolute atomic E-state index is 5.28. The highest BCUT2D eigenvalue weighted by atomic mass is 16.5. The molecule has 0 fully saturated rings. The fourth-order valence-electron chi connectivity index (χ4n) is 2.27. The molecule has 1 aromatic carbocycles. The third kappa shape index (κ3) is 3.72. The Bertz CT molecular complexity index is 328. The third-order valence-electron chi connectivity index (χ3n) is 3.23. The van der Waals surface area contributed by atoms with Crippen LogP contribution in [0.3, 0.4) is 0 Å². The maximum atomic E-state index is 5.28. The number of nitrogens with one attached hydrogen (secondary N) is 2. The van der Waals surface area contributed by atoms with Gasteiger partial charge in [-0.1, -0.05) is 25.5 Å². The lowest BCUT2D eigenvalue weighted by Crippen LogP contribution is -2.31. The molecule has 0 bridgehead atoms. The van der Waals surface area contributed by atoms with E-state index in [0.29, 0.717) is 12.0 Å². The van der Waals surface area contributed by atoms with Crippen molar-refractivity contribution in [3.05, 3.63) is 29.8 Å². The van der Waals surface area contributed by atoms with Crippen LogP contribution in [-0.2, 0) is 0 Å². The Hall–Kier alpha value is -1.06. The first-order valence-corrected chi connectivity index (χ1v) is 6.22. The van der Waals surface area contributed by atoms with E-state index < -0.39 is 0 Å². The molecule has 2 unspecified atom stereocenters. The van der Waals surface area contributed by atoms with Crippen LogP contribution >= 0.6 is 0 Å². The molecule has 3 heteroatoms. The van der Waals surface area contributed by atoms with Crippen LogP contribution in [0.2, 0.25) is 0 Å². The van der Waals surface area contributed by atoms with E-state index in [1.165, 1.54) is 5.56 Å². The Balaban J connectivity index is 2.90. The van der Waals surface area contributed by atoms with Crippen molar-refractivity contribution >= 4 is 0 Å². The Morgan fingerprint density at radius 3 is 2.59 bits per heavy atom. The molecule has 3 nitrogen and oxygen atoms in total. The number of ether oxygens (including phenoxy) is 1. The van der Waals surface area contributed by atoms with Crippen LogP contribution in [0, 0.1) is 5.92 Å². The first-order valence-electron chi connectivity index (χ1n) is 6.22. The van der Waals surface area contributed by atoms with E-state index in [1.807, 2.05) is 26.2 Å². The number of hydrogen-bond acceptors (Lipinski definition) is 3. The second kappa shape index (κ2) is 7.30. The summed E-state index contributed by atoms with van der Waals surface area (Å²) in [6.07, 6.45) is 1.14. The standard InChI is InChI=1S/C14H24N2O/c1-5-11(10-15-2)14(16-3)12-7-6-8-13(9-12)17-4/h6-9,11,14-16H,5,10H2,1-4H3. The fourth-order valence-corrected chi connectivity index (χ4v) is 2.27. The van der Waals surface area contributed by atoms with Gasteiger partial charge in [-0.2, -0.15) is 0 Å². The van der Waals surface area contributed by atoms with E-state index in [9.17, 15) is 0 Å². The predicted octanol–water partition coefficient (Wildman–Crippen LogP) is 2.20. The quantitative estimate of drug-likeness (QED) is 0.761. The van der Waals surface area contributed by atoms with E-state index in [-0.39, 0.29) is 0 Å². The summed E-state index contributed by atoms with van der Waals surface area (Å²) in [4.78, 5) is 0. The number of rotatable bonds is 7. The largest absolute Gasteiger partial charge is 0.497 e. The predicted molar refractivity (Wildman–Crippen MR) is 72.5 cm³/mol. The molecule has 96 valence electrons. The normalized spacial score (nSPS) is 14.4. The van der Waals surface area contributed by atoms with Gasteiger partial charge in [0.25, 0.3) is 0 Å². The van der Waals surface area contributed by atoms with Crippen molar-refractivity contribution in [2.45, 2.75) is 19.4 Å². The first kappa shape index (κ1) is 14.0. The summed E-state index contributed by atoms with van der Waals surface area (Å²) in [5, 5.41) is 6.67. The summed E-state index contributed by atoms with van der Waals surface area (Å²) in [7, 11) is 5.72. The van der Waals surface area contributed by atoms with Crippen LogP contribution in [0.5, 0.6) is 5.75 Å². The topological polar surface area (TPSA) is 33.3 Å². The molecule has 0 aliphatic carbocycles. The second-order valence-corrected chi connectivity index (χ2v) is 4.27. The van der Waals surface area contributed by atoms with Crippen molar-refractivity contribution in [1.29, 1.82) is 0 Å². The lowest BCUT2D eigenvalue weighted by atomic mass is 9.91. The van der Waals surface area contributed by atoms with Crippen molar-refractivity contribution in [2.24, 2.45) is 5.92 Å². The van der Waals surface area contributed by atoms with Crippen LogP contribution in [0.25, 0.3) is 0 Å². The summed E-state index contributed by atoms with van der Waals surface area (Å²) in [5.41, 5.74) is 1.29. The van der Waals surface area contributed by atoms with Crippen LogP contribution in [0.15, 0.2) is 24.3 Å². The van der Waals surface area contributed by atoms with Gasteiger partial charge in [0.05, 0.1) is 7.11 Å². The molecule has 17 heavy (non-hydrogen) atoms. The zero-order valence-corrected chi connectivity index (χ0v) is 11.3. The van der Waals surface area contributed by atoms with Crippen LogP contribution < -0.4 is 15.4 Å². The SMILES string of the molecule is CCC(CNC)C(NC)c1cccc(OC)c1. The van der Waals surface area contributed by atoms with Gasteiger partial charge in [0.1, 0.15) is 5.75 Å². The van der Waals surface area contributed by atoms with Gasteiger partial charge in [-0.3, -0.25) is 0 Å². The zero-order chi connectivity index (χ0) is 12.7. The number of hydrogen-bond donors (Lipinski definition) is 2. The van der Waals surface area contributed by atoms with Crippen LogP contribution in [0.4, 0.5) is 0 Å². The summed E-state index contributed by atoms with van der Waals surface area (Å²) in [5.74, 6) is 1.50. The molecule has 0 saturated heterocycles. The van der Waals surface area contributed by atoms with Gasteiger partial charge in [-0.05, 0) is 44.3 Å². The maximum Gasteiger partial charge on any atom is 0.119 e. The summed E-state index contributed by atoms with van der Waals surface area (Å²) >= 11 is 0. The molecule has 0 heterocycles. The third-order valence-corrected chi connectivity index (χ3v) is 3.23. The molecule has 0 aromatic heterocycles. The molecule has 2 N–H and O–H groups in total. The van der Waals surface area contributed by atoms with E-state index in [0.717, 1.165) is 18.7 Å².